The molecule has 0 saturated heterocycles. The maximum absolute atomic E-state index is 13.5. The Morgan fingerprint density at radius 2 is 2.14 bits per heavy atom. The summed E-state index contributed by atoms with van der Waals surface area (Å²) in [5, 5.41) is 15.0. The number of furan rings is 1. The van der Waals surface area contributed by atoms with Gasteiger partial charge in [-0.3, -0.25) is 20.2 Å². The molecule has 108 valence electrons. The number of non-ortho nitro benzene ring substituents is 1. The lowest BCUT2D eigenvalue weighted by atomic mass is 10.2. The molecule has 2 N–H and O–H groups in total. The summed E-state index contributed by atoms with van der Waals surface area (Å²) in [6.45, 7) is 0. The van der Waals surface area contributed by atoms with E-state index in [0.29, 0.717) is 0 Å². The molecule has 21 heavy (non-hydrogen) atoms. The van der Waals surface area contributed by atoms with E-state index < -0.39 is 16.6 Å². The molecule has 0 aliphatic rings. The Hall–Kier alpha value is -2.81. The van der Waals surface area contributed by atoms with Crippen molar-refractivity contribution in [3.63, 3.8) is 0 Å². The van der Waals surface area contributed by atoms with Crippen LogP contribution in [0.4, 0.5) is 15.8 Å². The monoisotopic (exact) mass is 309 g/mol. The van der Waals surface area contributed by atoms with Crippen molar-refractivity contribution in [2.24, 2.45) is 0 Å². The molecule has 0 fully saturated rings. The van der Waals surface area contributed by atoms with Crippen molar-refractivity contribution >= 4 is 34.6 Å². The van der Waals surface area contributed by atoms with Crippen LogP contribution >= 0.6 is 12.2 Å². The average Bonchev–Trinajstić information content (AvgIpc) is 2.95. The van der Waals surface area contributed by atoms with Gasteiger partial charge in [0.15, 0.2) is 10.9 Å². The quantitative estimate of drug-likeness (QED) is 0.513. The fraction of sp³-hybridized carbons (Fsp3) is 0. The van der Waals surface area contributed by atoms with Crippen LogP contribution in [-0.4, -0.2) is 15.9 Å². The smallest absolute Gasteiger partial charge is 0.293 e. The number of nitrogens with zero attached hydrogens (tertiary/aromatic N) is 1. The van der Waals surface area contributed by atoms with Crippen LogP contribution in [0, 0.1) is 15.9 Å². The summed E-state index contributed by atoms with van der Waals surface area (Å²) in [5.41, 5.74) is -0.520. The molecule has 9 heteroatoms. The van der Waals surface area contributed by atoms with Gasteiger partial charge in [0.2, 0.25) is 0 Å². The third kappa shape index (κ3) is 3.60. The zero-order valence-corrected chi connectivity index (χ0v) is 11.1. The molecule has 0 radical (unpaired) electrons. The fourth-order valence-electron chi connectivity index (χ4n) is 1.45. The van der Waals surface area contributed by atoms with Gasteiger partial charge in [-0.2, -0.15) is 0 Å². The topological polar surface area (TPSA) is 97.4 Å². The van der Waals surface area contributed by atoms with Gasteiger partial charge < -0.3 is 9.73 Å². The van der Waals surface area contributed by atoms with E-state index in [4.69, 9.17) is 16.6 Å². The van der Waals surface area contributed by atoms with Gasteiger partial charge in [-0.15, -0.1) is 0 Å². The Labute approximate surface area is 122 Å². The normalized spacial score (nSPS) is 9.95. The third-order valence-corrected chi connectivity index (χ3v) is 2.59. The summed E-state index contributed by atoms with van der Waals surface area (Å²) in [7, 11) is 0. The molecule has 7 nitrogen and oxygen atoms in total. The number of hydrogen-bond acceptors (Lipinski definition) is 5. The van der Waals surface area contributed by atoms with E-state index in [1.54, 1.807) is 0 Å². The summed E-state index contributed by atoms with van der Waals surface area (Å²) in [6.07, 6.45) is 1.31. The van der Waals surface area contributed by atoms with Crippen LogP contribution in [0.15, 0.2) is 41.0 Å². The van der Waals surface area contributed by atoms with Crippen LogP contribution in [0.2, 0.25) is 0 Å². The van der Waals surface area contributed by atoms with Gasteiger partial charge in [0.25, 0.3) is 11.6 Å². The van der Waals surface area contributed by atoms with Crippen molar-refractivity contribution in [3.05, 3.63) is 58.3 Å². The van der Waals surface area contributed by atoms with Crippen molar-refractivity contribution in [2.45, 2.75) is 0 Å². The SMILES string of the molecule is O=C(NC(=S)Nc1cc([N+](=O)[O-])ccc1F)c1ccco1. The van der Waals surface area contributed by atoms with Crippen molar-refractivity contribution in [1.29, 1.82) is 0 Å². The summed E-state index contributed by atoms with van der Waals surface area (Å²) in [6, 6.07) is 5.86. The lowest BCUT2D eigenvalue weighted by Crippen LogP contribution is -2.34. The molecule has 1 aromatic carbocycles. The first kappa shape index (κ1) is 14.6. The Morgan fingerprint density at radius 1 is 1.38 bits per heavy atom. The van der Waals surface area contributed by atoms with Crippen molar-refractivity contribution in [3.8, 4) is 0 Å². The van der Waals surface area contributed by atoms with Crippen molar-refractivity contribution in [1.82, 2.24) is 5.32 Å². The number of rotatable bonds is 3. The molecular formula is C12H8FN3O4S. The van der Waals surface area contributed by atoms with E-state index in [2.05, 4.69) is 10.6 Å². The molecule has 2 aromatic rings. The number of carbonyl (C=O) groups is 1. The van der Waals surface area contributed by atoms with E-state index in [0.717, 1.165) is 18.2 Å². The molecule has 0 spiro atoms. The Kier molecular flexibility index (Phi) is 4.24. The van der Waals surface area contributed by atoms with Gasteiger partial charge >= 0.3 is 0 Å². The third-order valence-electron chi connectivity index (χ3n) is 2.38. The molecule has 0 saturated carbocycles. The molecular weight excluding hydrogens is 301 g/mol. The van der Waals surface area contributed by atoms with Gasteiger partial charge in [0.05, 0.1) is 16.9 Å². The maximum atomic E-state index is 13.5. The molecule has 0 bridgehead atoms. The van der Waals surface area contributed by atoms with Gasteiger partial charge in [-0.1, -0.05) is 0 Å². The molecule has 2 rings (SSSR count). The van der Waals surface area contributed by atoms with E-state index in [-0.39, 0.29) is 22.2 Å². The zero-order chi connectivity index (χ0) is 15.4. The summed E-state index contributed by atoms with van der Waals surface area (Å²) >= 11 is 4.83. The second kappa shape index (κ2) is 6.09. The van der Waals surface area contributed by atoms with Gasteiger partial charge in [0.1, 0.15) is 5.82 Å². The first-order chi connectivity index (χ1) is 9.97. The van der Waals surface area contributed by atoms with Crippen LogP contribution in [0.1, 0.15) is 10.6 Å². The Morgan fingerprint density at radius 3 is 2.76 bits per heavy atom. The molecule has 0 atom stereocenters. The van der Waals surface area contributed by atoms with E-state index >= 15 is 0 Å². The lowest BCUT2D eigenvalue weighted by molar-refractivity contribution is -0.384. The first-order valence-electron chi connectivity index (χ1n) is 5.57. The Balaban J connectivity index is 2.07. The Bertz CT molecular complexity index is 703. The predicted molar refractivity (Wildman–Crippen MR) is 75.4 cm³/mol. The number of nitro benzene ring substituents is 1. The largest absolute Gasteiger partial charge is 0.459 e. The molecule has 0 aliphatic carbocycles. The van der Waals surface area contributed by atoms with Crippen molar-refractivity contribution in [2.75, 3.05) is 5.32 Å². The molecule has 0 aliphatic heterocycles. The van der Waals surface area contributed by atoms with Crippen LogP contribution in [0.25, 0.3) is 0 Å². The van der Waals surface area contributed by atoms with Gasteiger partial charge in [0, 0.05) is 12.1 Å². The minimum Gasteiger partial charge on any atom is -0.459 e. The minimum atomic E-state index is -0.741. The highest BCUT2D eigenvalue weighted by atomic mass is 32.1. The number of amides is 1. The van der Waals surface area contributed by atoms with Crippen molar-refractivity contribution < 1.29 is 18.5 Å². The van der Waals surface area contributed by atoms with Gasteiger partial charge in [-0.05, 0) is 30.4 Å². The second-order valence-corrected chi connectivity index (χ2v) is 4.22. The van der Waals surface area contributed by atoms with Crippen LogP contribution in [-0.2, 0) is 0 Å². The number of carbonyl (C=O) groups excluding carboxylic acids is 1. The predicted octanol–water partition coefficient (Wildman–Crippen LogP) is 2.45. The number of nitro groups is 1. The number of nitrogens with one attached hydrogen (secondary N) is 2. The van der Waals surface area contributed by atoms with E-state index in [1.807, 2.05) is 0 Å². The highest BCUT2D eigenvalue weighted by molar-refractivity contribution is 7.80. The molecule has 1 amide bonds. The number of anilines is 1. The summed E-state index contributed by atoms with van der Waals surface area (Å²) in [5.74, 6) is -1.34. The van der Waals surface area contributed by atoms with E-state index in [9.17, 15) is 19.3 Å². The summed E-state index contributed by atoms with van der Waals surface area (Å²) < 4.78 is 18.4. The highest BCUT2D eigenvalue weighted by Gasteiger charge is 2.14. The number of halogens is 1. The minimum absolute atomic E-state index is 0.0265. The van der Waals surface area contributed by atoms with Gasteiger partial charge in [-0.25, -0.2) is 4.39 Å². The zero-order valence-electron chi connectivity index (χ0n) is 10.3. The summed E-state index contributed by atoms with van der Waals surface area (Å²) in [4.78, 5) is 21.6. The molecule has 0 unspecified atom stereocenters. The van der Waals surface area contributed by atoms with Crippen LogP contribution in [0.5, 0.6) is 0 Å². The van der Waals surface area contributed by atoms with Crippen LogP contribution in [0.3, 0.4) is 0 Å². The standard InChI is InChI=1S/C12H8FN3O4S/c13-8-4-3-7(16(18)19)6-9(8)14-12(21)15-11(17)10-2-1-5-20-10/h1-6H,(H2,14,15,17,21). The molecule has 1 aromatic heterocycles. The average molecular weight is 309 g/mol. The number of hydrogen-bond donors (Lipinski definition) is 2. The van der Waals surface area contributed by atoms with E-state index in [1.165, 1.54) is 18.4 Å². The fourth-order valence-corrected chi connectivity index (χ4v) is 1.65. The maximum Gasteiger partial charge on any atom is 0.293 e. The molecule has 1 heterocycles. The number of thiocarbonyl (C=S) groups is 1. The van der Waals surface area contributed by atoms with Crippen LogP contribution < -0.4 is 10.6 Å². The number of benzene rings is 1. The second-order valence-electron chi connectivity index (χ2n) is 3.81. The first-order valence-corrected chi connectivity index (χ1v) is 5.98. The highest BCUT2D eigenvalue weighted by Crippen LogP contribution is 2.21. The lowest BCUT2D eigenvalue weighted by Gasteiger charge is -2.09.